The number of hydrogen-bond acceptors (Lipinski definition) is 6. The van der Waals surface area contributed by atoms with Crippen LogP contribution in [0.4, 0.5) is 4.79 Å². The molecule has 1 heterocycles. The number of hydrogen-bond donors (Lipinski definition) is 1. The fraction of sp³-hybridized carbons (Fsp3) is 0.345. The molecule has 0 saturated carbocycles. The number of carbonyl (C=O) groups is 3. The lowest BCUT2D eigenvalue weighted by Gasteiger charge is -2.34. The smallest absolute Gasteiger partial charge is 0.310 e. The maximum Gasteiger partial charge on any atom is 0.342 e. The van der Waals surface area contributed by atoms with E-state index in [1.807, 2.05) is 30.3 Å². The molecular formula is C29H33N3O5S. The van der Waals surface area contributed by atoms with E-state index in [0.29, 0.717) is 29.1 Å². The second kappa shape index (κ2) is 11.9. The first-order valence-corrected chi connectivity index (χ1v) is 14.3. The molecule has 1 aliphatic rings. The molecule has 1 atom stereocenters. The molecule has 1 aliphatic heterocycles. The standard InChI is InChI=1S/C29H33N3O5S/c1-21(2)17-28(34)32(38(36,37)25-15-14-23-11-6-7-12-24(23)18-25)29(35)31(20-22-9-4-3-5-10-22)26-13-8-16-30-19-27(26)33/h3-7,9-12,14-15,18,21,26,30H,8,13,16-17,19-20H2,1-2H3/t26-/m1/s1. The topological polar surface area (TPSA) is 104 Å². The zero-order valence-electron chi connectivity index (χ0n) is 21.7. The first kappa shape index (κ1) is 27.5. The molecule has 38 heavy (non-hydrogen) atoms. The van der Waals surface area contributed by atoms with Crippen molar-refractivity contribution in [1.82, 2.24) is 14.5 Å². The summed E-state index contributed by atoms with van der Waals surface area (Å²) in [6.07, 6.45) is 0.858. The molecular weight excluding hydrogens is 502 g/mol. The number of amides is 3. The molecule has 200 valence electrons. The molecule has 0 bridgehead atoms. The number of ketones is 1. The van der Waals surface area contributed by atoms with Gasteiger partial charge in [-0.05, 0) is 53.8 Å². The Morgan fingerprint density at radius 3 is 2.37 bits per heavy atom. The maximum atomic E-state index is 14.2. The number of rotatable bonds is 7. The van der Waals surface area contributed by atoms with Crippen molar-refractivity contribution < 1.29 is 22.8 Å². The van der Waals surface area contributed by atoms with Crippen LogP contribution in [0.5, 0.6) is 0 Å². The second-order valence-corrected chi connectivity index (χ2v) is 11.8. The van der Waals surface area contributed by atoms with Crippen molar-refractivity contribution in [3.63, 3.8) is 0 Å². The highest BCUT2D eigenvalue weighted by molar-refractivity contribution is 7.90. The monoisotopic (exact) mass is 535 g/mol. The normalized spacial score (nSPS) is 16.3. The first-order chi connectivity index (χ1) is 18.2. The fourth-order valence-corrected chi connectivity index (χ4v) is 6.04. The van der Waals surface area contributed by atoms with Crippen LogP contribution in [0.3, 0.4) is 0 Å². The molecule has 3 amide bonds. The Hall–Kier alpha value is -3.56. The van der Waals surface area contributed by atoms with Crippen LogP contribution in [0.25, 0.3) is 10.8 Å². The molecule has 8 nitrogen and oxygen atoms in total. The number of sulfonamides is 1. The van der Waals surface area contributed by atoms with Gasteiger partial charge in [0.2, 0.25) is 5.91 Å². The Kier molecular flexibility index (Phi) is 8.58. The number of carbonyl (C=O) groups excluding carboxylic acids is 3. The maximum absolute atomic E-state index is 14.2. The van der Waals surface area contributed by atoms with E-state index in [1.54, 1.807) is 44.2 Å². The van der Waals surface area contributed by atoms with Crippen LogP contribution in [-0.2, 0) is 26.2 Å². The highest BCUT2D eigenvalue weighted by Gasteiger charge is 2.42. The third-order valence-corrected chi connectivity index (χ3v) is 8.25. The molecule has 1 fully saturated rings. The molecule has 9 heteroatoms. The third kappa shape index (κ3) is 6.11. The summed E-state index contributed by atoms with van der Waals surface area (Å²) in [5.41, 5.74) is 0.727. The van der Waals surface area contributed by atoms with E-state index in [9.17, 15) is 22.8 Å². The third-order valence-electron chi connectivity index (χ3n) is 6.56. The minimum absolute atomic E-state index is 0.00518. The fourth-order valence-electron chi connectivity index (χ4n) is 4.66. The number of Topliss-reactive ketones (excluding diaryl/α,β-unsaturated/α-hetero) is 1. The van der Waals surface area contributed by atoms with Crippen LogP contribution >= 0.6 is 0 Å². The summed E-state index contributed by atoms with van der Waals surface area (Å²) in [6, 6.07) is 19.0. The van der Waals surface area contributed by atoms with Crippen molar-refractivity contribution in [2.75, 3.05) is 13.1 Å². The quantitative estimate of drug-likeness (QED) is 0.483. The number of fused-ring (bicyclic) bond motifs is 1. The van der Waals surface area contributed by atoms with Crippen molar-refractivity contribution in [2.24, 2.45) is 5.92 Å². The number of nitrogens with zero attached hydrogens (tertiary/aromatic N) is 2. The van der Waals surface area contributed by atoms with E-state index in [0.717, 1.165) is 10.9 Å². The van der Waals surface area contributed by atoms with Crippen molar-refractivity contribution in [3.05, 3.63) is 78.4 Å². The Labute approximate surface area is 223 Å². The van der Waals surface area contributed by atoms with Gasteiger partial charge in [0.1, 0.15) is 0 Å². The number of nitrogens with one attached hydrogen (secondary N) is 1. The molecule has 1 N–H and O–H groups in total. The Morgan fingerprint density at radius 1 is 0.974 bits per heavy atom. The zero-order valence-corrected chi connectivity index (χ0v) is 22.5. The SMILES string of the molecule is CC(C)CC(=O)N(C(=O)N(Cc1ccccc1)[C@@H]1CCCNCC1=O)S(=O)(=O)c1ccc2ccccc2c1. The van der Waals surface area contributed by atoms with Gasteiger partial charge in [-0.25, -0.2) is 13.2 Å². The van der Waals surface area contributed by atoms with Gasteiger partial charge in [0.25, 0.3) is 10.0 Å². The predicted molar refractivity (Wildman–Crippen MR) is 146 cm³/mol. The highest BCUT2D eigenvalue weighted by Crippen LogP contribution is 2.26. The van der Waals surface area contributed by atoms with E-state index < -0.39 is 28.0 Å². The number of imide groups is 1. The molecule has 4 rings (SSSR count). The van der Waals surface area contributed by atoms with Crippen LogP contribution in [0.1, 0.15) is 38.7 Å². The van der Waals surface area contributed by atoms with Gasteiger partial charge in [0, 0.05) is 13.0 Å². The van der Waals surface area contributed by atoms with E-state index in [4.69, 9.17) is 0 Å². The van der Waals surface area contributed by atoms with Crippen molar-refractivity contribution in [1.29, 1.82) is 0 Å². The molecule has 0 radical (unpaired) electrons. The summed E-state index contributed by atoms with van der Waals surface area (Å²) in [7, 11) is -4.57. The van der Waals surface area contributed by atoms with Crippen molar-refractivity contribution in [2.45, 2.75) is 50.6 Å². The number of urea groups is 1. The molecule has 3 aromatic rings. The summed E-state index contributed by atoms with van der Waals surface area (Å²) in [5, 5.41) is 4.55. The van der Waals surface area contributed by atoms with Crippen LogP contribution in [-0.4, -0.2) is 54.5 Å². The lowest BCUT2D eigenvalue weighted by molar-refractivity contribution is -0.127. The zero-order chi connectivity index (χ0) is 27.3. The summed E-state index contributed by atoms with van der Waals surface area (Å²) in [5.74, 6) is -1.22. The summed E-state index contributed by atoms with van der Waals surface area (Å²) >= 11 is 0. The lowest BCUT2D eigenvalue weighted by atomic mass is 10.1. The minimum Gasteiger partial charge on any atom is -0.310 e. The molecule has 1 saturated heterocycles. The van der Waals surface area contributed by atoms with Crippen LogP contribution < -0.4 is 5.32 Å². The average Bonchev–Trinajstić information content (AvgIpc) is 3.11. The van der Waals surface area contributed by atoms with Crippen molar-refractivity contribution >= 4 is 38.5 Å². The minimum atomic E-state index is -4.57. The summed E-state index contributed by atoms with van der Waals surface area (Å²) in [6.45, 7) is 4.24. The largest absolute Gasteiger partial charge is 0.342 e. The molecule has 0 aliphatic carbocycles. The van der Waals surface area contributed by atoms with Gasteiger partial charge in [-0.3, -0.25) is 9.59 Å². The van der Waals surface area contributed by atoms with Gasteiger partial charge >= 0.3 is 6.03 Å². The summed E-state index contributed by atoms with van der Waals surface area (Å²) in [4.78, 5) is 41.8. The van der Waals surface area contributed by atoms with Gasteiger partial charge in [-0.2, -0.15) is 4.31 Å². The Bertz CT molecular complexity index is 1420. The van der Waals surface area contributed by atoms with E-state index in [1.165, 1.54) is 17.0 Å². The van der Waals surface area contributed by atoms with Crippen LogP contribution in [0.15, 0.2) is 77.7 Å². The van der Waals surface area contributed by atoms with E-state index in [2.05, 4.69) is 5.32 Å². The first-order valence-electron chi connectivity index (χ1n) is 12.8. The number of benzene rings is 3. The molecule has 0 aromatic heterocycles. The lowest BCUT2D eigenvalue weighted by Crippen LogP contribution is -2.54. The van der Waals surface area contributed by atoms with Crippen LogP contribution in [0, 0.1) is 5.92 Å². The van der Waals surface area contributed by atoms with Crippen LogP contribution in [0.2, 0.25) is 0 Å². The molecule has 0 spiro atoms. The Balaban J connectivity index is 1.81. The Morgan fingerprint density at radius 2 is 1.66 bits per heavy atom. The molecule has 3 aromatic carbocycles. The van der Waals surface area contributed by atoms with E-state index >= 15 is 0 Å². The van der Waals surface area contributed by atoms with E-state index in [-0.39, 0.29) is 36.1 Å². The average molecular weight is 536 g/mol. The van der Waals surface area contributed by atoms with Crippen molar-refractivity contribution in [3.8, 4) is 0 Å². The second-order valence-electron chi connectivity index (χ2n) is 9.97. The predicted octanol–water partition coefficient (Wildman–Crippen LogP) is 4.35. The van der Waals surface area contributed by atoms with Gasteiger partial charge < -0.3 is 10.2 Å². The van der Waals surface area contributed by atoms with Gasteiger partial charge in [-0.1, -0.05) is 74.5 Å². The molecule has 0 unspecified atom stereocenters. The van der Waals surface area contributed by atoms with Gasteiger partial charge in [-0.15, -0.1) is 0 Å². The highest BCUT2D eigenvalue weighted by atomic mass is 32.2. The van der Waals surface area contributed by atoms with Gasteiger partial charge in [0.15, 0.2) is 5.78 Å². The van der Waals surface area contributed by atoms with Gasteiger partial charge in [0.05, 0.1) is 17.5 Å². The summed E-state index contributed by atoms with van der Waals surface area (Å²) < 4.78 is 28.4.